The van der Waals surface area contributed by atoms with Crippen LogP contribution in [0.15, 0.2) is 10.5 Å². The summed E-state index contributed by atoms with van der Waals surface area (Å²) in [5.74, 6) is -4.09. The SMILES string of the molecule is CC(=O)OCc1c(CC(CC(=O)O)C(=O)O)cc(Br)c2n[nH]c(Cl)c12. The molecule has 1 aromatic carbocycles. The summed E-state index contributed by atoms with van der Waals surface area (Å²) in [7, 11) is 0. The van der Waals surface area contributed by atoms with Gasteiger partial charge in [0.2, 0.25) is 0 Å². The molecular formula is C15H14BrClN2O6. The number of halogens is 2. The van der Waals surface area contributed by atoms with Crippen LogP contribution in [0.2, 0.25) is 5.15 Å². The molecule has 3 N–H and O–H groups in total. The summed E-state index contributed by atoms with van der Waals surface area (Å²) < 4.78 is 5.61. The normalized spacial score (nSPS) is 12.1. The van der Waals surface area contributed by atoms with E-state index in [9.17, 15) is 19.5 Å². The van der Waals surface area contributed by atoms with Gasteiger partial charge in [-0.2, -0.15) is 5.10 Å². The van der Waals surface area contributed by atoms with Crippen molar-refractivity contribution in [3.63, 3.8) is 0 Å². The predicted octanol–water partition coefficient (Wildman–Crippen LogP) is 2.76. The number of nitrogens with zero attached hydrogens (tertiary/aromatic N) is 1. The number of carbonyl (C=O) groups excluding carboxylic acids is 1. The first-order valence-electron chi connectivity index (χ1n) is 7.12. The molecule has 0 bridgehead atoms. The topological polar surface area (TPSA) is 130 Å². The van der Waals surface area contributed by atoms with Gasteiger partial charge in [-0.3, -0.25) is 19.5 Å². The number of hydrogen-bond acceptors (Lipinski definition) is 5. The molecule has 1 aromatic heterocycles. The van der Waals surface area contributed by atoms with E-state index in [1.54, 1.807) is 6.07 Å². The molecule has 2 rings (SSSR count). The highest BCUT2D eigenvalue weighted by Gasteiger charge is 2.25. The zero-order chi connectivity index (χ0) is 18.7. The first-order chi connectivity index (χ1) is 11.7. The van der Waals surface area contributed by atoms with Crippen molar-refractivity contribution in [3.05, 3.63) is 26.8 Å². The first kappa shape index (κ1) is 19.2. The van der Waals surface area contributed by atoms with Crippen molar-refractivity contribution < 1.29 is 29.3 Å². The number of carbonyl (C=O) groups is 3. The number of fused-ring (bicyclic) bond motifs is 1. The Hall–Kier alpha value is -2.13. The third kappa shape index (κ3) is 4.49. The Bertz CT molecular complexity index is 850. The lowest BCUT2D eigenvalue weighted by atomic mass is 9.92. The first-order valence-corrected chi connectivity index (χ1v) is 8.29. The van der Waals surface area contributed by atoms with E-state index in [0.717, 1.165) is 0 Å². The van der Waals surface area contributed by atoms with Crippen LogP contribution in [0.4, 0.5) is 0 Å². The number of hydrogen-bond donors (Lipinski definition) is 3. The maximum Gasteiger partial charge on any atom is 0.307 e. The summed E-state index contributed by atoms with van der Waals surface area (Å²) in [5.41, 5.74) is 1.50. The third-order valence-corrected chi connectivity index (χ3v) is 4.47. The van der Waals surface area contributed by atoms with Gasteiger partial charge in [0.1, 0.15) is 17.3 Å². The van der Waals surface area contributed by atoms with E-state index in [4.69, 9.17) is 21.4 Å². The Labute approximate surface area is 155 Å². The minimum Gasteiger partial charge on any atom is -0.481 e. The van der Waals surface area contributed by atoms with Gasteiger partial charge in [-0.25, -0.2) is 0 Å². The second-order valence-corrected chi connectivity index (χ2v) is 6.61. The predicted molar refractivity (Wildman–Crippen MR) is 91.4 cm³/mol. The van der Waals surface area contributed by atoms with Gasteiger partial charge in [0.05, 0.1) is 12.3 Å². The average Bonchev–Trinajstić information content (AvgIpc) is 2.88. The Morgan fingerprint density at radius 3 is 2.64 bits per heavy atom. The summed E-state index contributed by atoms with van der Waals surface area (Å²) in [6.45, 7) is 1.12. The fraction of sp³-hybridized carbons (Fsp3) is 0.333. The number of nitrogens with one attached hydrogen (secondary N) is 1. The van der Waals surface area contributed by atoms with Crippen LogP contribution in [0, 0.1) is 5.92 Å². The molecule has 0 aliphatic heterocycles. The van der Waals surface area contributed by atoms with E-state index in [0.29, 0.717) is 26.5 Å². The van der Waals surface area contributed by atoms with Crippen LogP contribution in [-0.2, 0) is 32.1 Å². The lowest BCUT2D eigenvalue weighted by Gasteiger charge is -2.16. The summed E-state index contributed by atoms with van der Waals surface area (Å²) in [4.78, 5) is 33.5. The summed E-state index contributed by atoms with van der Waals surface area (Å²) in [6, 6.07) is 1.64. The molecule has 1 atom stereocenters. The molecule has 0 saturated carbocycles. The number of aromatic nitrogens is 2. The number of aliphatic carboxylic acids is 2. The van der Waals surface area contributed by atoms with E-state index >= 15 is 0 Å². The van der Waals surface area contributed by atoms with E-state index in [2.05, 4.69) is 26.1 Å². The van der Waals surface area contributed by atoms with Crippen molar-refractivity contribution >= 4 is 56.3 Å². The molecular weight excluding hydrogens is 420 g/mol. The Kier molecular flexibility index (Phi) is 6.02. The molecule has 134 valence electrons. The molecule has 8 nitrogen and oxygen atoms in total. The lowest BCUT2D eigenvalue weighted by Crippen LogP contribution is -2.21. The third-order valence-electron chi connectivity index (χ3n) is 3.60. The minimum absolute atomic E-state index is 0.0612. The molecule has 0 fully saturated rings. The zero-order valence-corrected chi connectivity index (χ0v) is 15.3. The largest absolute Gasteiger partial charge is 0.481 e. The van der Waals surface area contributed by atoms with Crippen LogP contribution >= 0.6 is 27.5 Å². The monoisotopic (exact) mass is 432 g/mol. The van der Waals surface area contributed by atoms with E-state index in [1.165, 1.54) is 6.92 Å². The van der Waals surface area contributed by atoms with Gasteiger partial charge in [0.25, 0.3) is 0 Å². The summed E-state index contributed by atoms with van der Waals surface area (Å²) in [6.07, 6.45) is -0.592. The second kappa shape index (κ2) is 7.83. The number of carboxylic acids is 2. The van der Waals surface area contributed by atoms with Gasteiger partial charge in [0.15, 0.2) is 0 Å². The van der Waals surface area contributed by atoms with Gasteiger partial charge in [-0.15, -0.1) is 0 Å². The fourth-order valence-electron chi connectivity index (χ4n) is 2.48. The van der Waals surface area contributed by atoms with Crippen LogP contribution in [0.25, 0.3) is 10.9 Å². The molecule has 0 aliphatic rings. The van der Waals surface area contributed by atoms with Gasteiger partial charge in [-0.1, -0.05) is 11.6 Å². The van der Waals surface area contributed by atoms with Crippen LogP contribution in [0.3, 0.4) is 0 Å². The smallest absolute Gasteiger partial charge is 0.307 e. The summed E-state index contributed by atoms with van der Waals surface area (Å²) in [5, 5.41) is 25.6. The van der Waals surface area contributed by atoms with Crippen LogP contribution in [0.1, 0.15) is 24.5 Å². The molecule has 0 aliphatic carbocycles. The number of ether oxygens (including phenoxy) is 1. The van der Waals surface area contributed by atoms with E-state index in [-0.39, 0.29) is 18.2 Å². The zero-order valence-electron chi connectivity index (χ0n) is 13.0. The van der Waals surface area contributed by atoms with E-state index < -0.39 is 30.2 Å². The van der Waals surface area contributed by atoms with Crippen molar-refractivity contribution in [2.24, 2.45) is 5.92 Å². The molecule has 0 saturated heterocycles. The van der Waals surface area contributed by atoms with Crippen LogP contribution in [0.5, 0.6) is 0 Å². The maximum atomic E-state index is 11.4. The van der Waals surface area contributed by atoms with Gasteiger partial charge >= 0.3 is 17.9 Å². The highest BCUT2D eigenvalue weighted by Crippen LogP contribution is 2.35. The number of esters is 1. The van der Waals surface area contributed by atoms with Gasteiger partial charge < -0.3 is 14.9 Å². The molecule has 0 radical (unpaired) electrons. The van der Waals surface area contributed by atoms with Crippen molar-refractivity contribution in [2.45, 2.75) is 26.4 Å². The molecule has 0 spiro atoms. The highest BCUT2D eigenvalue weighted by atomic mass is 79.9. The van der Waals surface area contributed by atoms with Crippen molar-refractivity contribution in [3.8, 4) is 0 Å². The van der Waals surface area contributed by atoms with Crippen molar-refractivity contribution in [2.75, 3.05) is 0 Å². The Balaban J connectivity index is 2.54. The number of benzene rings is 1. The standard InChI is InChI=1S/C15H14BrClN2O6/c1-6(20)25-5-9-7(2-8(15(23)24)4-11(21)22)3-10(16)13-12(9)14(17)19-18-13/h3,8H,2,4-5H2,1H3,(H,18,19)(H,21,22)(H,23,24). The maximum absolute atomic E-state index is 11.4. The van der Waals surface area contributed by atoms with E-state index in [1.807, 2.05) is 0 Å². The minimum atomic E-state index is -1.23. The highest BCUT2D eigenvalue weighted by molar-refractivity contribution is 9.10. The number of H-pyrrole nitrogens is 1. The fourth-order valence-corrected chi connectivity index (χ4v) is 3.29. The molecule has 0 amide bonds. The van der Waals surface area contributed by atoms with Crippen molar-refractivity contribution in [1.82, 2.24) is 10.2 Å². The molecule has 1 heterocycles. The van der Waals surface area contributed by atoms with Gasteiger partial charge in [-0.05, 0) is 34.0 Å². The lowest BCUT2D eigenvalue weighted by molar-refractivity contribution is -0.148. The average molecular weight is 434 g/mol. The number of carboxylic acid groups (broad SMARTS) is 2. The second-order valence-electron chi connectivity index (χ2n) is 5.37. The van der Waals surface area contributed by atoms with Crippen molar-refractivity contribution in [1.29, 1.82) is 0 Å². The quantitative estimate of drug-likeness (QED) is 0.572. The molecule has 2 aromatic rings. The van der Waals surface area contributed by atoms with Crippen LogP contribution < -0.4 is 0 Å². The molecule has 1 unspecified atom stereocenters. The Morgan fingerprint density at radius 1 is 1.40 bits per heavy atom. The number of aromatic amines is 1. The molecule has 10 heteroatoms. The van der Waals surface area contributed by atoms with Crippen LogP contribution in [-0.4, -0.2) is 38.3 Å². The Morgan fingerprint density at radius 2 is 2.08 bits per heavy atom. The number of rotatable bonds is 7. The van der Waals surface area contributed by atoms with Gasteiger partial charge in [0, 0.05) is 22.3 Å². The molecule has 25 heavy (non-hydrogen) atoms. The summed E-state index contributed by atoms with van der Waals surface area (Å²) >= 11 is 9.47.